The topological polar surface area (TPSA) is 0 Å². The molecule has 0 atom stereocenters. The Labute approximate surface area is 187 Å². The Balaban J connectivity index is 1.52. The van der Waals surface area contributed by atoms with Gasteiger partial charge in [0.2, 0.25) is 0 Å². The summed E-state index contributed by atoms with van der Waals surface area (Å²) >= 11 is 0. The van der Waals surface area contributed by atoms with E-state index in [0.717, 1.165) is 31.7 Å². The summed E-state index contributed by atoms with van der Waals surface area (Å²) in [6.45, 7) is 2.26. The Morgan fingerprint density at radius 2 is 1.26 bits per heavy atom. The van der Waals surface area contributed by atoms with Gasteiger partial charge in [0.1, 0.15) is 5.82 Å². The molecule has 31 heavy (non-hydrogen) atoms. The highest BCUT2D eigenvalue weighted by Crippen LogP contribution is 2.40. The van der Waals surface area contributed by atoms with Crippen LogP contribution >= 0.6 is 0 Å². The fourth-order valence-electron chi connectivity index (χ4n) is 5.07. The molecule has 1 aromatic rings. The van der Waals surface area contributed by atoms with Gasteiger partial charge in [-0.15, -0.1) is 0 Å². The summed E-state index contributed by atoms with van der Waals surface area (Å²) in [7, 11) is 0. The molecule has 0 bridgehead atoms. The second kappa shape index (κ2) is 14.2. The summed E-state index contributed by atoms with van der Waals surface area (Å²) in [5.41, 5.74) is -0.425. The summed E-state index contributed by atoms with van der Waals surface area (Å²) in [6.07, 6.45) is 17.0. The zero-order valence-corrected chi connectivity index (χ0v) is 19.4. The summed E-state index contributed by atoms with van der Waals surface area (Å²) < 4.78 is 52.4. The summed E-state index contributed by atoms with van der Waals surface area (Å²) in [5, 5.41) is 0. The lowest BCUT2D eigenvalue weighted by molar-refractivity contribution is -0.137. The number of benzene rings is 1. The van der Waals surface area contributed by atoms with Crippen LogP contribution in [0.4, 0.5) is 17.6 Å². The molecule has 1 aliphatic rings. The first-order valence-corrected chi connectivity index (χ1v) is 12.8. The SMILES string of the molecule is CCCCCCCCCCCCCCC1CCC(c2ccc(C(F)(F)F)cc2F)CC1. The fourth-order valence-corrected chi connectivity index (χ4v) is 5.07. The standard InChI is InChI=1S/C27H42F4/c1-2-3-4-5-6-7-8-9-10-11-12-13-14-22-15-17-23(18-16-22)25-20-19-24(21-26(25)28)27(29,30)31/h19-23H,2-18H2,1H3. The van der Waals surface area contributed by atoms with E-state index in [1.807, 2.05) is 0 Å². The number of rotatable bonds is 14. The molecule has 178 valence electrons. The molecule has 0 saturated heterocycles. The van der Waals surface area contributed by atoms with Crippen molar-refractivity contribution in [2.45, 2.75) is 128 Å². The Morgan fingerprint density at radius 3 is 1.74 bits per heavy atom. The van der Waals surface area contributed by atoms with Crippen molar-refractivity contribution in [3.8, 4) is 0 Å². The molecule has 0 nitrogen and oxygen atoms in total. The number of hydrogen-bond donors (Lipinski definition) is 0. The Morgan fingerprint density at radius 1 is 0.742 bits per heavy atom. The van der Waals surface area contributed by atoms with E-state index in [4.69, 9.17) is 0 Å². The highest BCUT2D eigenvalue weighted by atomic mass is 19.4. The van der Waals surface area contributed by atoms with Crippen LogP contribution in [0.15, 0.2) is 18.2 Å². The molecular weight excluding hydrogens is 400 g/mol. The molecule has 0 unspecified atom stereocenters. The van der Waals surface area contributed by atoms with Gasteiger partial charge in [-0.05, 0) is 55.2 Å². The monoisotopic (exact) mass is 442 g/mol. The zero-order chi connectivity index (χ0) is 22.5. The Bertz CT molecular complexity index is 600. The molecule has 0 heterocycles. The van der Waals surface area contributed by atoms with Gasteiger partial charge < -0.3 is 0 Å². The van der Waals surface area contributed by atoms with E-state index in [1.54, 1.807) is 0 Å². The molecule has 1 aliphatic carbocycles. The van der Waals surface area contributed by atoms with Gasteiger partial charge in [-0.25, -0.2) is 4.39 Å². The molecular formula is C27H42F4. The smallest absolute Gasteiger partial charge is 0.207 e. The van der Waals surface area contributed by atoms with Crippen molar-refractivity contribution < 1.29 is 17.6 Å². The van der Waals surface area contributed by atoms with Gasteiger partial charge in [0.15, 0.2) is 0 Å². The van der Waals surface area contributed by atoms with Crippen LogP contribution in [0, 0.1) is 11.7 Å². The van der Waals surface area contributed by atoms with E-state index in [0.29, 0.717) is 17.5 Å². The fraction of sp³-hybridized carbons (Fsp3) is 0.778. The lowest BCUT2D eigenvalue weighted by Gasteiger charge is -2.29. The van der Waals surface area contributed by atoms with Crippen LogP contribution in [-0.2, 0) is 6.18 Å². The number of unbranched alkanes of at least 4 members (excludes halogenated alkanes) is 11. The predicted octanol–water partition coefficient (Wildman–Crippen LogP) is 10.2. The third-order valence-corrected chi connectivity index (χ3v) is 7.08. The van der Waals surface area contributed by atoms with Crippen molar-refractivity contribution in [3.63, 3.8) is 0 Å². The Hall–Kier alpha value is -1.06. The number of hydrogen-bond acceptors (Lipinski definition) is 0. The van der Waals surface area contributed by atoms with Crippen LogP contribution in [0.5, 0.6) is 0 Å². The average molecular weight is 443 g/mol. The maximum Gasteiger partial charge on any atom is 0.416 e. The van der Waals surface area contributed by atoms with E-state index in [9.17, 15) is 17.6 Å². The van der Waals surface area contributed by atoms with Crippen LogP contribution in [0.1, 0.15) is 133 Å². The maximum atomic E-state index is 14.2. The number of alkyl halides is 3. The Kier molecular flexibility index (Phi) is 12.0. The molecule has 0 radical (unpaired) electrons. The molecule has 0 N–H and O–H groups in total. The first-order valence-electron chi connectivity index (χ1n) is 12.8. The minimum Gasteiger partial charge on any atom is -0.207 e. The third kappa shape index (κ3) is 9.95. The van der Waals surface area contributed by atoms with Gasteiger partial charge >= 0.3 is 6.18 Å². The van der Waals surface area contributed by atoms with Crippen molar-refractivity contribution >= 4 is 0 Å². The minimum absolute atomic E-state index is 0.0699. The largest absolute Gasteiger partial charge is 0.416 e. The molecule has 1 fully saturated rings. The first kappa shape index (κ1) is 26.2. The summed E-state index contributed by atoms with van der Waals surface area (Å²) in [5.74, 6) is 0.0802. The van der Waals surface area contributed by atoms with Crippen molar-refractivity contribution in [1.29, 1.82) is 0 Å². The molecule has 1 aromatic carbocycles. The van der Waals surface area contributed by atoms with E-state index >= 15 is 0 Å². The normalized spacial score (nSPS) is 19.6. The summed E-state index contributed by atoms with van der Waals surface area (Å²) in [4.78, 5) is 0. The second-order valence-electron chi connectivity index (χ2n) is 9.63. The van der Waals surface area contributed by atoms with E-state index < -0.39 is 17.6 Å². The quantitative estimate of drug-likeness (QED) is 0.198. The predicted molar refractivity (Wildman–Crippen MR) is 122 cm³/mol. The van der Waals surface area contributed by atoms with Gasteiger partial charge in [-0.1, -0.05) is 96.5 Å². The highest BCUT2D eigenvalue weighted by Gasteiger charge is 2.32. The van der Waals surface area contributed by atoms with Crippen LogP contribution in [0.25, 0.3) is 0 Å². The lowest BCUT2D eigenvalue weighted by atomic mass is 9.76. The maximum absolute atomic E-state index is 14.2. The molecule has 0 aliphatic heterocycles. The molecule has 1 saturated carbocycles. The molecule has 0 aromatic heterocycles. The van der Waals surface area contributed by atoms with Gasteiger partial charge in [0.25, 0.3) is 0 Å². The lowest BCUT2D eigenvalue weighted by Crippen LogP contribution is -2.15. The molecule has 0 amide bonds. The van der Waals surface area contributed by atoms with Gasteiger partial charge in [0.05, 0.1) is 5.56 Å². The highest BCUT2D eigenvalue weighted by molar-refractivity contribution is 5.29. The van der Waals surface area contributed by atoms with Crippen molar-refractivity contribution in [3.05, 3.63) is 35.1 Å². The van der Waals surface area contributed by atoms with E-state index in [2.05, 4.69) is 6.92 Å². The van der Waals surface area contributed by atoms with E-state index in [1.165, 1.54) is 89.5 Å². The van der Waals surface area contributed by atoms with Crippen molar-refractivity contribution in [2.75, 3.05) is 0 Å². The number of halogens is 4. The van der Waals surface area contributed by atoms with Crippen molar-refractivity contribution in [1.82, 2.24) is 0 Å². The van der Waals surface area contributed by atoms with Crippen LogP contribution in [0.3, 0.4) is 0 Å². The van der Waals surface area contributed by atoms with Gasteiger partial charge in [0, 0.05) is 0 Å². The third-order valence-electron chi connectivity index (χ3n) is 7.08. The zero-order valence-electron chi connectivity index (χ0n) is 19.4. The second-order valence-corrected chi connectivity index (χ2v) is 9.63. The average Bonchev–Trinajstić information content (AvgIpc) is 2.74. The van der Waals surface area contributed by atoms with Crippen molar-refractivity contribution in [2.24, 2.45) is 5.92 Å². The minimum atomic E-state index is -4.48. The van der Waals surface area contributed by atoms with Gasteiger partial charge in [-0.3, -0.25) is 0 Å². The van der Waals surface area contributed by atoms with Crippen LogP contribution < -0.4 is 0 Å². The molecule has 4 heteroatoms. The van der Waals surface area contributed by atoms with Gasteiger partial charge in [-0.2, -0.15) is 13.2 Å². The first-order chi connectivity index (χ1) is 14.9. The van der Waals surface area contributed by atoms with E-state index in [-0.39, 0.29) is 5.92 Å². The van der Waals surface area contributed by atoms with Crippen LogP contribution in [0.2, 0.25) is 0 Å². The summed E-state index contributed by atoms with van der Waals surface area (Å²) in [6, 6.07) is 3.04. The molecule has 2 rings (SSSR count). The van der Waals surface area contributed by atoms with Crippen LogP contribution in [-0.4, -0.2) is 0 Å². The molecule has 0 spiro atoms.